The number of hydrogen-bond donors (Lipinski definition) is 1. The van der Waals surface area contributed by atoms with Crippen molar-refractivity contribution in [1.82, 2.24) is 0 Å². The second kappa shape index (κ2) is 6.69. The van der Waals surface area contributed by atoms with Crippen molar-refractivity contribution in [2.75, 3.05) is 33.4 Å². The van der Waals surface area contributed by atoms with E-state index in [1.165, 1.54) is 4.90 Å². The Bertz CT molecular complexity index is 735. The number of hydrogen-bond acceptors (Lipinski definition) is 4. The molecular formula is C16H20ClNO4. The molecule has 0 amide bonds. The molecule has 5 nitrogen and oxygen atoms in total. The molecule has 1 aliphatic heterocycles. The van der Waals surface area contributed by atoms with Crippen LogP contribution in [0, 0.1) is 13.8 Å². The van der Waals surface area contributed by atoms with Gasteiger partial charge >= 0.3 is 0 Å². The number of rotatable bonds is 2. The smallest absolute Gasteiger partial charge is 0.217 e. The number of morpholine rings is 1. The standard InChI is InChI=1S/C16H19NO4.ClH/c1-10-11(2)21-16-12(15(10)18)4-5-13(19-3)14(16)17-6-8-20-9-7-17;/h4-5H,6-9H2,1-3H3;1H. The third-order valence-corrected chi connectivity index (χ3v) is 4.16. The molecule has 2 aromatic rings. The highest BCUT2D eigenvalue weighted by Crippen LogP contribution is 2.30. The van der Waals surface area contributed by atoms with E-state index in [1.807, 2.05) is 13.0 Å². The lowest BCUT2D eigenvalue weighted by atomic mass is 10.1. The third kappa shape index (κ3) is 2.72. The molecule has 0 atom stereocenters. The zero-order valence-electron chi connectivity index (χ0n) is 13.0. The van der Waals surface area contributed by atoms with Crippen LogP contribution in [0.5, 0.6) is 5.75 Å². The minimum Gasteiger partial charge on any atom is -1.00 e. The lowest BCUT2D eigenvalue weighted by Crippen LogP contribution is -3.09. The number of quaternary nitrogens is 1. The molecule has 3 rings (SSSR count). The summed E-state index contributed by atoms with van der Waals surface area (Å²) < 4.78 is 16.9. The molecular weight excluding hydrogens is 306 g/mol. The van der Waals surface area contributed by atoms with Crippen molar-refractivity contribution in [2.24, 2.45) is 0 Å². The van der Waals surface area contributed by atoms with Gasteiger partial charge in [0.25, 0.3) is 0 Å². The van der Waals surface area contributed by atoms with Gasteiger partial charge in [0.2, 0.25) is 11.3 Å². The molecule has 2 heterocycles. The van der Waals surface area contributed by atoms with Gasteiger partial charge in [0.1, 0.15) is 18.8 Å². The Balaban J connectivity index is 0.00000176. The molecule has 1 fully saturated rings. The van der Waals surface area contributed by atoms with Crippen molar-refractivity contribution in [3.05, 3.63) is 33.7 Å². The first kappa shape index (κ1) is 16.8. The number of fused-ring (bicyclic) bond motifs is 1. The predicted molar refractivity (Wildman–Crippen MR) is 79.7 cm³/mol. The molecule has 22 heavy (non-hydrogen) atoms. The van der Waals surface area contributed by atoms with Crippen molar-refractivity contribution in [1.29, 1.82) is 0 Å². The molecule has 0 spiro atoms. The van der Waals surface area contributed by atoms with Crippen LogP contribution in [0.3, 0.4) is 0 Å². The van der Waals surface area contributed by atoms with Gasteiger partial charge in [-0.3, -0.25) is 9.69 Å². The predicted octanol–water partition coefficient (Wildman–Crippen LogP) is -2.03. The van der Waals surface area contributed by atoms with Crippen molar-refractivity contribution in [3.63, 3.8) is 0 Å². The summed E-state index contributed by atoms with van der Waals surface area (Å²) in [6.45, 7) is 6.70. The van der Waals surface area contributed by atoms with Gasteiger partial charge in [0.05, 0.1) is 25.7 Å². The van der Waals surface area contributed by atoms with Gasteiger partial charge in [-0.1, -0.05) is 0 Å². The summed E-state index contributed by atoms with van der Waals surface area (Å²) in [6, 6.07) is 3.64. The summed E-state index contributed by atoms with van der Waals surface area (Å²) in [7, 11) is 1.64. The summed E-state index contributed by atoms with van der Waals surface area (Å²) in [5.41, 5.74) is 2.26. The molecule has 0 bridgehead atoms. The van der Waals surface area contributed by atoms with Gasteiger partial charge < -0.3 is 26.3 Å². The first-order chi connectivity index (χ1) is 10.1. The van der Waals surface area contributed by atoms with Crippen molar-refractivity contribution >= 4 is 16.7 Å². The van der Waals surface area contributed by atoms with E-state index in [0.29, 0.717) is 35.5 Å². The van der Waals surface area contributed by atoms with Gasteiger partial charge in [-0.25, -0.2) is 0 Å². The molecule has 1 N–H and O–H groups in total. The molecule has 0 unspecified atom stereocenters. The van der Waals surface area contributed by atoms with E-state index in [4.69, 9.17) is 13.9 Å². The summed E-state index contributed by atoms with van der Waals surface area (Å²) in [5.74, 6) is 1.42. The molecule has 0 saturated carbocycles. The zero-order valence-corrected chi connectivity index (χ0v) is 13.8. The highest BCUT2D eigenvalue weighted by Gasteiger charge is 2.26. The molecule has 120 valence electrons. The fourth-order valence-electron chi connectivity index (χ4n) is 2.81. The fraction of sp³-hybridized carbons (Fsp3) is 0.438. The SMILES string of the molecule is COc1ccc2c(=O)c(C)c(C)oc2c1[NH+]1CCOCC1.[Cl-]. The molecule has 1 aliphatic rings. The van der Waals surface area contributed by atoms with E-state index >= 15 is 0 Å². The van der Waals surface area contributed by atoms with Crippen LogP contribution in [0.2, 0.25) is 0 Å². The summed E-state index contributed by atoms with van der Waals surface area (Å²) >= 11 is 0. The van der Waals surface area contributed by atoms with Crippen LogP contribution in [0.1, 0.15) is 11.3 Å². The fourth-order valence-corrected chi connectivity index (χ4v) is 2.81. The minimum absolute atomic E-state index is 0. The van der Waals surface area contributed by atoms with E-state index in [9.17, 15) is 4.79 Å². The van der Waals surface area contributed by atoms with E-state index in [-0.39, 0.29) is 17.8 Å². The number of ether oxygens (including phenoxy) is 2. The first-order valence-electron chi connectivity index (χ1n) is 7.17. The lowest BCUT2D eigenvalue weighted by molar-refractivity contribution is -0.841. The number of benzene rings is 1. The first-order valence-corrected chi connectivity index (χ1v) is 7.17. The van der Waals surface area contributed by atoms with Gasteiger partial charge in [-0.05, 0) is 26.0 Å². The topological polar surface area (TPSA) is 53.1 Å². The Morgan fingerprint density at radius 1 is 1.18 bits per heavy atom. The number of nitrogens with one attached hydrogen (secondary N) is 1. The Kier molecular flexibility index (Phi) is 5.11. The van der Waals surface area contributed by atoms with Gasteiger partial charge in [0.15, 0.2) is 11.2 Å². The summed E-state index contributed by atoms with van der Waals surface area (Å²) in [5, 5.41) is 0.618. The van der Waals surface area contributed by atoms with Crippen LogP contribution >= 0.6 is 0 Å². The van der Waals surface area contributed by atoms with Crippen molar-refractivity contribution < 1.29 is 31.2 Å². The summed E-state index contributed by atoms with van der Waals surface area (Å²) in [6.07, 6.45) is 0. The highest BCUT2D eigenvalue weighted by molar-refractivity contribution is 5.88. The molecule has 1 saturated heterocycles. The van der Waals surface area contributed by atoms with Crippen LogP contribution < -0.4 is 27.5 Å². The Morgan fingerprint density at radius 2 is 1.86 bits per heavy atom. The highest BCUT2D eigenvalue weighted by atomic mass is 35.5. The second-order valence-corrected chi connectivity index (χ2v) is 5.35. The normalized spacial score (nSPS) is 15.6. The monoisotopic (exact) mass is 325 g/mol. The average molecular weight is 326 g/mol. The Labute approximate surface area is 135 Å². The number of aryl methyl sites for hydroxylation is 1. The maximum atomic E-state index is 12.4. The largest absolute Gasteiger partial charge is 1.00 e. The van der Waals surface area contributed by atoms with Crippen LogP contribution in [-0.4, -0.2) is 33.4 Å². The van der Waals surface area contributed by atoms with Gasteiger partial charge in [0, 0.05) is 5.56 Å². The van der Waals surface area contributed by atoms with E-state index in [2.05, 4.69) is 0 Å². The molecule has 1 aromatic heterocycles. The van der Waals surface area contributed by atoms with Crippen LogP contribution in [-0.2, 0) is 4.74 Å². The molecule has 1 aromatic carbocycles. The van der Waals surface area contributed by atoms with Crippen LogP contribution in [0.15, 0.2) is 21.3 Å². The molecule has 6 heteroatoms. The minimum atomic E-state index is 0. The average Bonchev–Trinajstić information content (AvgIpc) is 2.52. The van der Waals surface area contributed by atoms with Crippen LogP contribution in [0.25, 0.3) is 11.0 Å². The number of methoxy groups -OCH3 is 1. The Hall–Kier alpha value is -1.56. The van der Waals surface area contributed by atoms with Crippen molar-refractivity contribution in [3.8, 4) is 5.75 Å². The van der Waals surface area contributed by atoms with E-state index in [1.54, 1.807) is 20.1 Å². The van der Waals surface area contributed by atoms with Crippen molar-refractivity contribution in [2.45, 2.75) is 13.8 Å². The molecule has 0 radical (unpaired) electrons. The van der Waals surface area contributed by atoms with E-state index < -0.39 is 0 Å². The third-order valence-electron chi connectivity index (χ3n) is 4.16. The maximum absolute atomic E-state index is 12.4. The number of halogens is 1. The quantitative estimate of drug-likeness (QED) is 0.692. The Morgan fingerprint density at radius 3 is 2.50 bits per heavy atom. The van der Waals surface area contributed by atoms with Gasteiger partial charge in [-0.15, -0.1) is 0 Å². The summed E-state index contributed by atoms with van der Waals surface area (Å²) in [4.78, 5) is 13.7. The van der Waals surface area contributed by atoms with E-state index in [0.717, 1.165) is 24.5 Å². The maximum Gasteiger partial charge on any atom is 0.217 e. The van der Waals surface area contributed by atoms with Gasteiger partial charge in [-0.2, -0.15) is 0 Å². The molecule has 0 aliphatic carbocycles. The lowest BCUT2D eigenvalue weighted by Gasteiger charge is -2.25. The van der Waals surface area contributed by atoms with Crippen LogP contribution in [0.4, 0.5) is 5.69 Å². The second-order valence-electron chi connectivity index (χ2n) is 5.35. The zero-order chi connectivity index (χ0) is 15.0.